The molecule has 0 atom stereocenters. The fraction of sp³-hybridized carbons (Fsp3) is 0.350. The molecule has 0 aromatic heterocycles. The van der Waals surface area contributed by atoms with Gasteiger partial charge >= 0.3 is 0 Å². The van der Waals surface area contributed by atoms with E-state index in [0.717, 1.165) is 37.7 Å². The van der Waals surface area contributed by atoms with E-state index in [4.69, 9.17) is 34.8 Å². The van der Waals surface area contributed by atoms with Crippen molar-refractivity contribution in [2.45, 2.75) is 32.1 Å². The molecule has 126 valence electrons. The highest BCUT2D eigenvalue weighted by Gasteiger charge is 2.27. The van der Waals surface area contributed by atoms with Crippen LogP contribution in [0.5, 0.6) is 0 Å². The normalized spacial score (nSPS) is 20.8. The monoisotopic (exact) mass is 380 g/mol. The lowest BCUT2D eigenvalue weighted by Crippen LogP contribution is -2.23. The first-order valence-corrected chi connectivity index (χ1v) is 9.40. The summed E-state index contributed by atoms with van der Waals surface area (Å²) in [6.07, 6.45) is 5.05. The Labute approximate surface area is 157 Å². The molecule has 0 amide bonds. The Bertz CT molecular complexity index is 716. The standard InChI is InChI=1S/C20H19Cl3O/c21-17-8-6-16(7-9-17)20(24)15-4-1-13(2-5-15)11-14-3-10-18(22)19(23)12-14/h3,6-10,12-13,15H,1-2,4-5,11H2. The number of ketones is 1. The average Bonchev–Trinajstić information content (AvgIpc) is 2.59. The highest BCUT2D eigenvalue weighted by Crippen LogP contribution is 2.34. The molecule has 2 aromatic carbocycles. The number of rotatable bonds is 4. The van der Waals surface area contributed by atoms with Gasteiger partial charge in [-0.3, -0.25) is 4.79 Å². The first-order chi connectivity index (χ1) is 11.5. The number of hydrogen-bond acceptors (Lipinski definition) is 1. The van der Waals surface area contributed by atoms with Crippen molar-refractivity contribution < 1.29 is 4.79 Å². The minimum atomic E-state index is 0.135. The lowest BCUT2D eigenvalue weighted by atomic mass is 9.76. The van der Waals surface area contributed by atoms with Gasteiger partial charge in [0.15, 0.2) is 5.78 Å². The van der Waals surface area contributed by atoms with Crippen molar-refractivity contribution in [3.63, 3.8) is 0 Å². The van der Waals surface area contributed by atoms with Gasteiger partial charge in [-0.05, 0) is 80.0 Å². The molecular weight excluding hydrogens is 363 g/mol. The number of halogens is 3. The molecule has 0 bridgehead atoms. The average molecular weight is 382 g/mol. The van der Waals surface area contributed by atoms with Crippen molar-refractivity contribution in [3.8, 4) is 0 Å². The molecule has 3 rings (SSSR count). The molecule has 1 saturated carbocycles. The number of carbonyl (C=O) groups excluding carboxylic acids is 1. The van der Waals surface area contributed by atoms with E-state index in [0.29, 0.717) is 21.0 Å². The maximum absolute atomic E-state index is 12.6. The van der Waals surface area contributed by atoms with Crippen LogP contribution < -0.4 is 0 Å². The van der Waals surface area contributed by atoms with Crippen LogP contribution in [0.15, 0.2) is 42.5 Å². The van der Waals surface area contributed by atoms with Crippen molar-refractivity contribution in [3.05, 3.63) is 68.7 Å². The van der Waals surface area contributed by atoms with Gasteiger partial charge in [-0.1, -0.05) is 40.9 Å². The van der Waals surface area contributed by atoms with Crippen LogP contribution in [0.1, 0.15) is 41.6 Å². The first kappa shape index (κ1) is 17.8. The smallest absolute Gasteiger partial charge is 0.165 e. The first-order valence-electron chi connectivity index (χ1n) is 8.26. The zero-order valence-electron chi connectivity index (χ0n) is 13.3. The summed E-state index contributed by atoms with van der Waals surface area (Å²) in [6.45, 7) is 0. The van der Waals surface area contributed by atoms with Gasteiger partial charge in [0.1, 0.15) is 0 Å². The molecule has 0 unspecified atom stereocenters. The summed E-state index contributed by atoms with van der Waals surface area (Å²) in [7, 11) is 0. The van der Waals surface area contributed by atoms with Gasteiger partial charge < -0.3 is 0 Å². The van der Waals surface area contributed by atoms with E-state index in [-0.39, 0.29) is 11.7 Å². The summed E-state index contributed by atoms with van der Waals surface area (Å²) in [4.78, 5) is 12.6. The van der Waals surface area contributed by atoms with Crippen molar-refractivity contribution >= 4 is 40.6 Å². The molecule has 0 radical (unpaired) electrons. The van der Waals surface area contributed by atoms with Gasteiger partial charge in [0.05, 0.1) is 10.0 Å². The fourth-order valence-electron chi connectivity index (χ4n) is 3.48. The molecular formula is C20H19Cl3O. The maximum atomic E-state index is 12.6. The van der Waals surface area contributed by atoms with E-state index in [9.17, 15) is 4.79 Å². The van der Waals surface area contributed by atoms with E-state index in [2.05, 4.69) is 0 Å². The molecule has 0 aliphatic heterocycles. The van der Waals surface area contributed by atoms with Gasteiger partial charge in [-0.15, -0.1) is 0 Å². The Kier molecular flexibility index (Phi) is 5.86. The summed E-state index contributed by atoms with van der Waals surface area (Å²) < 4.78 is 0. The highest BCUT2D eigenvalue weighted by atomic mass is 35.5. The second kappa shape index (κ2) is 7.91. The summed E-state index contributed by atoms with van der Waals surface area (Å²) in [5, 5.41) is 1.87. The van der Waals surface area contributed by atoms with E-state index in [1.165, 1.54) is 5.56 Å². The predicted molar refractivity (Wildman–Crippen MR) is 101 cm³/mol. The summed E-state index contributed by atoms with van der Waals surface area (Å²) in [6, 6.07) is 13.1. The quantitative estimate of drug-likeness (QED) is 0.528. The summed E-state index contributed by atoms with van der Waals surface area (Å²) in [5.74, 6) is 0.993. The minimum absolute atomic E-state index is 0.135. The molecule has 4 heteroatoms. The molecule has 1 aliphatic rings. The Morgan fingerprint density at radius 1 is 0.875 bits per heavy atom. The third-order valence-electron chi connectivity index (χ3n) is 4.85. The van der Waals surface area contributed by atoms with Crippen molar-refractivity contribution in [2.75, 3.05) is 0 Å². The van der Waals surface area contributed by atoms with Gasteiger partial charge in [0.2, 0.25) is 0 Å². The van der Waals surface area contributed by atoms with Crippen LogP contribution >= 0.6 is 34.8 Å². The SMILES string of the molecule is O=C(c1ccc(Cl)cc1)C1CCC(Cc2ccc(Cl)c(Cl)c2)CC1. The molecule has 0 heterocycles. The van der Waals surface area contributed by atoms with Crippen molar-refractivity contribution in [1.82, 2.24) is 0 Å². The Balaban J connectivity index is 1.56. The third-order valence-corrected chi connectivity index (χ3v) is 5.85. The third kappa shape index (κ3) is 4.33. The lowest BCUT2D eigenvalue weighted by Gasteiger charge is -2.28. The Morgan fingerprint density at radius 2 is 1.54 bits per heavy atom. The minimum Gasteiger partial charge on any atom is -0.294 e. The zero-order chi connectivity index (χ0) is 17.1. The van der Waals surface area contributed by atoms with Crippen LogP contribution in [-0.2, 0) is 6.42 Å². The molecule has 0 spiro atoms. The number of benzene rings is 2. The second-order valence-electron chi connectivity index (χ2n) is 6.54. The molecule has 1 fully saturated rings. The van der Waals surface area contributed by atoms with Gasteiger partial charge in [0, 0.05) is 16.5 Å². The van der Waals surface area contributed by atoms with Crippen LogP contribution in [-0.4, -0.2) is 5.78 Å². The van der Waals surface area contributed by atoms with Gasteiger partial charge in [-0.2, -0.15) is 0 Å². The van der Waals surface area contributed by atoms with Crippen LogP contribution in [0.4, 0.5) is 0 Å². The Morgan fingerprint density at radius 3 is 2.17 bits per heavy atom. The molecule has 24 heavy (non-hydrogen) atoms. The highest BCUT2D eigenvalue weighted by molar-refractivity contribution is 6.42. The number of carbonyl (C=O) groups is 1. The summed E-state index contributed by atoms with van der Waals surface area (Å²) in [5.41, 5.74) is 1.99. The van der Waals surface area contributed by atoms with Crippen LogP contribution in [0.3, 0.4) is 0 Å². The summed E-state index contributed by atoms with van der Waals surface area (Å²) >= 11 is 17.9. The van der Waals surface area contributed by atoms with Crippen molar-refractivity contribution in [2.24, 2.45) is 11.8 Å². The fourth-order valence-corrected chi connectivity index (χ4v) is 3.93. The molecule has 0 N–H and O–H groups in total. The zero-order valence-corrected chi connectivity index (χ0v) is 15.5. The van der Waals surface area contributed by atoms with Crippen LogP contribution in [0.25, 0.3) is 0 Å². The van der Waals surface area contributed by atoms with Gasteiger partial charge in [-0.25, -0.2) is 0 Å². The number of hydrogen-bond donors (Lipinski definition) is 0. The van der Waals surface area contributed by atoms with E-state index in [1.807, 2.05) is 30.3 Å². The number of Topliss-reactive ketones (excluding diaryl/α,β-unsaturated/α-hetero) is 1. The van der Waals surface area contributed by atoms with Crippen LogP contribution in [0.2, 0.25) is 15.1 Å². The maximum Gasteiger partial charge on any atom is 0.165 e. The lowest BCUT2D eigenvalue weighted by molar-refractivity contribution is 0.0872. The molecule has 0 saturated heterocycles. The predicted octanol–water partition coefficient (Wildman–Crippen LogP) is 6.88. The van der Waals surface area contributed by atoms with Crippen LogP contribution in [0, 0.1) is 11.8 Å². The molecule has 1 nitrogen and oxygen atoms in total. The molecule has 1 aliphatic carbocycles. The molecule has 2 aromatic rings. The van der Waals surface area contributed by atoms with E-state index >= 15 is 0 Å². The van der Waals surface area contributed by atoms with Crippen molar-refractivity contribution in [1.29, 1.82) is 0 Å². The largest absolute Gasteiger partial charge is 0.294 e. The Hall–Kier alpha value is -1.02. The topological polar surface area (TPSA) is 17.1 Å². The van der Waals surface area contributed by atoms with E-state index in [1.54, 1.807) is 12.1 Å². The van der Waals surface area contributed by atoms with E-state index < -0.39 is 0 Å². The second-order valence-corrected chi connectivity index (χ2v) is 7.79. The van der Waals surface area contributed by atoms with Gasteiger partial charge in [0.25, 0.3) is 0 Å².